The first kappa shape index (κ1) is 21.5. The largest absolute Gasteiger partial charge is 0.275 e. The number of fused-ring (bicyclic) bond motifs is 1. The Bertz CT molecular complexity index is 1410. The summed E-state index contributed by atoms with van der Waals surface area (Å²) in [5.41, 5.74) is 6.59. The van der Waals surface area contributed by atoms with Gasteiger partial charge in [-0.2, -0.15) is 10.2 Å². The molecule has 0 bridgehead atoms. The molecule has 0 aliphatic rings. The summed E-state index contributed by atoms with van der Waals surface area (Å²) in [5, 5.41) is 10.2. The smallest absolute Gasteiger partial charge is 0.271 e. The lowest BCUT2D eigenvalue weighted by molar-refractivity contribution is -0.121. The third kappa shape index (κ3) is 4.45. The second kappa shape index (κ2) is 9.16. The molecule has 7 heteroatoms. The van der Waals surface area contributed by atoms with Crippen molar-refractivity contribution in [1.82, 2.24) is 15.2 Å². The summed E-state index contributed by atoms with van der Waals surface area (Å²) in [6.07, 6.45) is 1.46. The van der Waals surface area contributed by atoms with Gasteiger partial charge in [0.2, 0.25) is 0 Å². The summed E-state index contributed by atoms with van der Waals surface area (Å²) in [7, 11) is 0. The second-order valence-corrected chi connectivity index (χ2v) is 7.88. The lowest BCUT2D eigenvalue weighted by atomic mass is 10.0. The number of halogens is 1. The zero-order valence-corrected chi connectivity index (χ0v) is 18.4. The van der Waals surface area contributed by atoms with Crippen LogP contribution in [0.25, 0.3) is 22.0 Å². The molecule has 0 fully saturated rings. The molecule has 0 saturated carbocycles. The van der Waals surface area contributed by atoms with E-state index in [-0.39, 0.29) is 12.1 Å². The number of nitrogens with zero attached hydrogens (tertiary/aromatic N) is 3. The van der Waals surface area contributed by atoms with Gasteiger partial charge in [0.15, 0.2) is 0 Å². The Morgan fingerprint density at radius 3 is 2.50 bits per heavy atom. The minimum absolute atomic E-state index is 0.263. The van der Waals surface area contributed by atoms with Gasteiger partial charge in [-0.1, -0.05) is 60.1 Å². The van der Waals surface area contributed by atoms with E-state index in [4.69, 9.17) is 11.6 Å². The van der Waals surface area contributed by atoms with Gasteiger partial charge in [0.25, 0.3) is 11.5 Å². The molecule has 1 N–H and O–H groups in total. The van der Waals surface area contributed by atoms with Gasteiger partial charge in [0, 0.05) is 21.5 Å². The van der Waals surface area contributed by atoms with E-state index in [9.17, 15) is 9.59 Å². The Labute approximate surface area is 190 Å². The van der Waals surface area contributed by atoms with Crippen LogP contribution in [0.2, 0.25) is 5.02 Å². The lowest BCUT2D eigenvalue weighted by Crippen LogP contribution is -2.32. The number of benzene rings is 3. The van der Waals surface area contributed by atoms with Crippen LogP contribution in [-0.2, 0) is 11.3 Å². The quantitative estimate of drug-likeness (QED) is 0.364. The molecule has 3 aromatic carbocycles. The van der Waals surface area contributed by atoms with Crippen LogP contribution < -0.4 is 11.0 Å². The molecule has 0 unspecified atom stereocenters. The van der Waals surface area contributed by atoms with E-state index < -0.39 is 5.91 Å². The van der Waals surface area contributed by atoms with Crippen molar-refractivity contribution < 1.29 is 4.79 Å². The van der Waals surface area contributed by atoms with E-state index in [0.29, 0.717) is 21.7 Å². The number of hydrogen-bond acceptors (Lipinski definition) is 4. The summed E-state index contributed by atoms with van der Waals surface area (Å²) < 4.78 is 1.17. The highest BCUT2D eigenvalue weighted by Gasteiger charge is 2.14. The van der Waals surface area contributed by atoms with Crippen molar-refractivity contribution in [3.05, 3.63) is 98.8 Å². The Balaban J connectivity index is 1.66. The van der Waals surface area contributed by atoms with Crippen LogP contribution in [0.5, 0.6) is 0 Å². The SMILES string of the molecule is Cc1ccc(-c2nn(CC(=O)N/N=C/c3ccccc3Cl)c(=O)c3ccccc23)cc1C. The average molecular weight is 445 g/mol. The molecule has 4 aromatic rings. The third-order valence-corrected chi connectivity index (χ3v) is 5.58. The maximum atomic E-state index is 13.0. The van der Waals surface area contributed by atoms with Gasteiger partial charge < -0.3 is 0 Å². The molecule has 0 atom stereocenters. The fourth-order valence-electron chi connectivity index (χ4n) is 3.37. The fourth-order valence-corrected chi connectivity index (χ4v) is 3.55. The van der Waals surface area contributed by atoms with E-state index >= 15 is 0 Å². The fraction of sp³-hybridized carbons (Fsp3) is 0.120. The van der Waals surface area contributed by atoms with Crippen LogP contribution in [0.4, 0.5) is 0 Å². The first-order valence-corrected chi connectivity index (χ1v) is 10.5. The number of aryl methyl sites for hydroxylation is 2. The predicted molar refractivity (Wildman–Crippen MR) is 128 cm³/mol. The molecule has 160 valence electrons. The molecular weight excluding hydrogens is 424 g/mol. The van der Waals surface area contributed by atoms with Gasteiger partial charge >= 0.3 is 0 Å². The molecule has 1 aromatic heterocycles. The van der Waals surface area contributed by atoms with Crippen LogP contribution in [0.1, 0.15) is 16.7 Å². The summed E-state index contributed by atoms with van der Waals surface area (Å²) in [5.74, 6) is -0.468. The van der Waals surface area contributed by atoms with E-state index in [0.717, 1.165) is 16.5 Å². The number of carbonyl (C=O) groups is 1. The van der Waals surface area contributed by atoms with Crippen LogP contribution >= 0.6 is 11.6 Å². The van der Waals surface area contributed by atoms with Gasteiger partial charge in [-0.15, -0.1) is 0 Å². The maximum absolute atomic E-state index is 13.0. The summed E-state index contributed by atoms with van der Waals surface area (Å²) >= 11 is 6.08. The molecule has 0 aliphatic heterocycles. The molecule has 1 amide bonds. The number of amides is 1. The molecule has 0 aliphatic carbocycles. The van der Waals surface area contributed by atoms with Crippen molar-refractivity contribution in [2.45, 2.75) is 20.4 Å². The number of nitrogens with one attached hydrogen (secondary N) is 1. The Kier molecular flexibility index (Phi) is 6.14. The molecule has 32 heavy (non-hydrogen) atoms. The average Bonchev–Trinajstić information content (AvgIpc) is 2.79. The minimum Gasteiger partial charge on any atom is -0.271 e. The van der Waals surface area contributed by atoms with E-state index in [1.165, 1.54) is 16.5 Å². The molecule has 4 rings (SSSR count). The number of carbonyl (C=O) groups excluding carboxylic acids is 1. The van der Waals surface area contributed by atoms with Crippen LogP contribution in [0.15, 0.2) is 76.6 Å². The number of aromatic nitrogens is 2. The first-order valence-electron chi connectivity index (χ1n) is 10.1. The van der Waals surface area contributed by atoms with Gasteiger partial charge in [0.1, 0.15) is 6.54 Å². The number of hydrazone groups is 1. The van der Waals surface area contributed by atoms with E-state index in [2.05, 4.69) is 15.6 Å². The Morgan fingerprint density at radius 2 is 1.75 bits per heavy atom. The molecule has 0 spiro atoms. The van der Waals surface area contributed by atoms with Crippen molar-refractivity contribution in [3.8, 4) is 11.3 Å². The second-order valence-electron chi connectivity index (χ2n) is 7.47. The zero-order chi connectivity index (χ0) is 22.7. The highest BCUT2D eigenvalue weighted by molar-refractivity contribution is 6.33. The number of rotatable bonds is 5. The van der Waals surface area contributed by atoms with Crippen molar-refractivity contribution >= 4 is 34.5 Å². The Morgan fingerprint density at radius 1 is 1.03 bits per heavy atom. The van der Waals surface area contributed by atoms with Crippen LogP contribution in [0, 0.1) is 13.8 Å². The van der Waals surface area contributed by atoms with Crippen LogP contribution in [-0.4, -0.2) is 21.9 Å². The standard InChI is InChI=1S/C25H21ClN4O2/c1-16-11-12-18(13-17(16)2)24-20-8-4-5-9-21(20)25(32)30(29-24)15-23(31)28-27-14-19-7-3-6-10-22(19)26/h3-14H,15H2,1-2H3,(H,28,31)/b27-14+. The molecular formula is C25H21ClN4O2. The summed E-state index contributed by atoms with van der Waals surface area (Å²) in [6, 6.07) is 20.5. The highest BCUT2D eigenvalue weighted by atomic mass is 35.5. The number of hydrogen-bond donors (Lipinski definition) is 1. The predicted octanol–water partition coefficient (Wildman–Crippen LogP) is 4.48. The molecule has 0 radical (unpaired) electrons. The Hall–Kier alpha value is -3.77. The minimum atomic E-state index is -0.468. The van der Waals surface area contributed by atoms with E-state index in [1.807, 2.05) is 56.3 Å². The molecule has 6 nitrogen and oxygen atoms in total. The normalized spacial score (nSPS) is 11.2. The lowest BCUT2D eigenvalue weighted by Gasteiger charge is -2.12. The van der Waals surface area contributed by atoms with Gasteiger partial charge in [0.05, 0.1) is 17.3 Å². The van der Waals surface area contributed by atoms with E-state index in [1.54, 1.807) is 24.3 Å². The molecule has 0 saturated heterocycles. The zero-order valence-electron chi connectivity index (χ0n) is 17.7. The summed E-state index contributed by atoms with van der Waals surface area (Å²) in [4.78, 5) is 25.4. The third-order valence-electron chi connectivity index (χ3n) is 5.24. The first-order chi connectivity index (χ1) is 15.4. The van der Waals surface area contributed by atoms with Crippen molar-refractivity contribution in [2.75, 3.05) is 0 Å². The highest BCUT2D eigenvalue weighted by Crippen LogP contribution is 2.26. The van der Waals surface area contributed by atoms with Crippen LogP contribution in [0.3, 0.4) is 0 Å². The molecule has 1 heterocycles. The van der Waals surface area contributed by atoms with Crippen molar-refractivity contribution in [1.29, 1.82) is 0 Å². The maximum Gasteiger partial charge on any atom is 0.275 e. The van der Waals surface area contributed by atoms with Crippen molar-refractivity contribution in [3.63, 3.8) is 0 Å². The van der Waals surface area contributed by atoms with Crippen molar-refractivity contribution in [2.24, 2.45) is 5.10 Å². The van der Waals surface area contributed by atoms with Gasteiger partial charge in [-0.25, -0.2) is 10.1 Å². The summed E-state index contributed by atoms with van der Waals surface area (Å²) in [6.45, 7) is 3.81. The van der Waals surface area contributed by atoms with Gasteiger partial charge in [-0.05, 0) is 43.2 Å². The van der Waals surface area contributed by atoms with Gasteiger partial charge in [-0.3, -0.25) is 9.59 Å². The topological polar surface area (TPSA) is 76.3 Å². The monoisotopic (exact) mass is 444 g/mol.